The van der Waals surface area contributed by atoms with E-state index in [-0.39, 0.29) is 11.6 Å². The van der Waals surface area contributed by atoms with Gasteiger partial charge in [-0.05, 0) is 12.1 Å². The van der Waals surface area contributed by atoms with Gasteiger partial charge in [0.25, 0.3) is 0 Å². The fourth-order valence-corrected chi connectivity index (χ4v) is 1.92. The van der Waals surface area contributed by atoms with Gasteiger partial charge in [-0.1, -0.05) is 0 Å². The van der Waals surface area contributed by atoms with Crippen molar-refractivity contribution in [2.45, 2.75) is 12.8 Å². The van der Waals surface area contributed by atoms with Crippen molar-refractivity contribution in [2.24, 2.45) is 0 Å². The number of hydrogen-bond donors (Lipinski definition) is 1. The fraction of sp³-hybridized carbons (Fsp3) is 0.267. The Morgan fingerprint density at radius 2 is 1.91 bits per heavy atom. The van der Waals surface area contributed by atoms with Gasteiger partial charge in [-0.15, -0.1) is 0 Å². The fourth-order valence-electron chi connectivity index (χ4n) is 1.92. The normalized spacial score (nSPS) is 9.65. The number of aromatic nitrogens is 3. The summed E-state index contributed by atoms with van der Waals surface area (Å²) in [5.41, 5.74) is 6.35. The molecule has 0 amide bonds. The monoisotopic (exact) mass is 309 g/mol. The van der Waals surface area contributed by atoms with Crippen LogP contribution in [-0.2, 0) is 0 Å². The first-order valence-corrected chi connectivity index (χ1v) is 6.93. The number of nitrogens with two attached hydrogens (primary N) is 1. The number of ether oxygens (including phenoxy) is 1. The molecule has 2 rings (SSSR count). The highest BCUT2D eigenvalue weighted by Crippen LogP contribution is 2.31. The number of pyridine rings is 1. The third-order valence-electron chi connectivity index (χ3n) is 2.96. The minimum atomic E-state index is 0.210. The lowest BCUT2D eigenvalue weighted by Crippen LogP contribution is -2.27. The minimum absolute atomic E-state index is 0.210. The predicted molar refractivity (Wildman–Crippen MR) is 83.4 cm³/mol. The maximum absolute atomic E-state index is 8.77. The van der Waals surface area contributed by atoms with Gasteiger partial charge < -0.3 is 15.4 Å². The summed E-state index contributed by atoms with van der Waals surface area (Å²) in [5.74, 6) is 1.16. The second-order valence-corrected chi connectivity index (χ2v) is 4.51. The van der Waals surface area contributed by atoms with Crippen LogP contribution in [0.4, 0.5) is 11.5 Å². The van der Waals surface area contributed by atoms with Crippen molar-refractivity contribution in [1.82, 2.24) is 15.0 Å². The lowest BCUT2D eigenvalue weighted by Gasteiger charge is -2.23. The van der Waals surface area contributed by atoms with Crippen molar-refractivity contribution in [1.29, 1.82) is 10.5 Å². The van der Waals surface area contributed by atoms with Crippen LogP contribution in [0, 0.1) is 22.7 Å². The molecule has 23 heavy (non-hydrogen) atoms. The molecule has 2 aromatic heterocycles. The molecule has 0 saturated heterocycles. The Bertz CT molecular complexity index is 703. The molecule has 0 bridgehead atoms. The molecule has 0 spiro atoms. The Labute approximate surface area is 133 Å². The van der Waals surface area contributed by atoms with Gasteiger partial charge in [0, 0.05) is 19.3 Å². The second-order valence-electron chi connectivity index (χ2n) is 4.51. The van der Waals surface area contributed by atoms with Gasteiger partial charge in [0.2, 0.25) is 5.88 Å². The Kier molecular flexibility index (Phi) is 5.67. The van der Waals surface area contributed by atoms with Crippen LogP contribution < -0.4 is 15.4 Å². The number of nitrogen functional groups attached to an aromatic ring is 1. The van der Waals surface area contributed by atoms with Gasteiger partial charge in [0.1, 0.15) is 17.8 Å². The topological polar surface area (TPSA) is 125 Å². The maximum Gasteiger partial charge on any atom is 0.248 e. The summed E-state index contributed by atoms with van der Waals surface area (Å²) < 4.78 is 5.61. The summed E-state index contributed by atoms with van der Waals surface area (Å²) in [4.78, 5) is 13.9. The number of nitrogens with zero attached hydrogens (tertiary/aromatic N) is 6. The summed E-state index contributed by atoms with van der Waals surface area (Å²) in [7, 11) is 0. The molecule has 2 aromatic rings. The second kappa shape index (κ2) is 8.15. The van der Waals surface area contributed by atoms with E-state index in [0.717, 1.165) is 0 Å². The lowest BCUT2D eigenvalue weighted by atomic mass is 10.3. The summed E-state index contributed by atoms with van der Waals surface area (Å²) in [6, 6.07) is 7.61. The van der Waals surface area contributed by atoms with E-state index in [1.54, 1.807) is 29.4 Å². The molecule has 0 unspecified atom stereocenters. The first kappa shape index (κ1) is 16.0. The van der Waals surface area contributed by atoms with Crippen molar-refractivity contribution in [3.05, 3.63) is 30.9 Å². The zero-order valence-corrected chi connectivity index (χ0v) is 12.4. The van der Waals surface area contributed by atoms with Crippen molar-refractivity contribution >= 4 is 11.5 Å². The van der Waals surface area contributed by atoms with Gasteiger partial charge in [-0.3, -0.25) is 4.98 Å². The highest BCUT2D eigenvalue weighted by Gasteiger charge is 2.16. The molecule has 0 atom stereocenters. The molecule has 0 aliphatic carbocycles. The zero-order valence-electron chi connectivity index (χ0n) is 12.4. The van der Waals surface area contributed by atoms with Crippen molar-refractivity contribution < 1.29 is 4.74 Å². The molecular formula is C15H15N7O. The van der Waals surface area contributed by atoms with Crippen LogP contribution in [0.3, 0.4) is 0 Å². The summed E-state index contributed by atoms with van der Waals surface area (Å²) in [6.07, 6.45) is 5.11. The Balaban J connectivity index is 2.25. The van der Waals surface area contributed by atoms with Gasteiger partial charge in [0.05, 0.1) is 31.2 Å². The summed E-state index contributed by atoms with van der Waals surface area (Å²) in [5, 5.41) is 17.5. The van der Waals surface area contributed by atoms with Crippen LogP contribution in [-0.4, -0.2) is 28.0 Å². The smallest absolute Gasteiger partial charge is 0.248 e. The van der Waals surface area contributed by atoms with Crippen LogP contribution in [0.5, 0.6) is 11.6 Å². The van der Waals surface area contributed by atoms with E-state index in [4.69, 9.17) is 21.0 Å². The Hall–Kier alpha value is -3.39. The third kappa shape index (κ3) is 4.29. The van der Waals surface area contributed by atoms with Crippen molar-refractivity contribution in [3.8, 4) is 23.8 Å². The predicted octanol–water partition coefficient (Wildman–Crippen LogP) is 1.88. The Morgan fingerprint density at radius 3 is 2.52 bits per heavy atom. The van der Waals surface area contributed by atoms with E-state index in [0.29, 0.717) is 37.5 Å². The first-order valence-electron chi connectivity index (χ1n) is 6.93. The van der Waals surface area contributed by atoms with Crippen molar-refractivity contribution in [3.63, 3.8) is 0 Å². The molecule has 8 nitrogen and oxygen atoms in total. The lowest BCUT2D eigenvalue weighted by molar-refractivity contribution is 0.462. The van der Waals surface area contributed by atoms with E-state index in [1.165, 1.54) is 6.33 Å². The van der Waals surface area contributed by atoms with Gasteiger partial charge in [0.15, 0.2) is 5.82 Å². The molecule has 0 radical (unpaired) electrons. The molecule has 0 aliphatic heterocycles. The number of rotatable bonds is 7. The molecule has 8 heteroatoms. The molecule has 2 heterocycles. The maximum atomic E-state index is 8.77. The van der Waals surface area contributed by atoms with E-state index < -0.39 is 0 Å². The molecule has 0 saturated carbocycles. The highest BCUT2D eigenvalue weighted by atomic mass is 16.5. The minimum Gasteiger partial charge on any atom is -0.435 e. The molecule has 116 valence electrons. The quantitative estimate of drug-likeness (QED) is 0.821. The average Bonchev–Trinajstić information content (AvgIpc) is 2.58. The number of hydrogen-bond acceptors (Lipinski definition) is 8. The first-order chi connectivity index (χ1) is 11.3. The number of nitriles is 2. The third-order valence-corrected chi connectivity index (χ3v) is 2.96. The van der Waals surface area contributed by atoms with E-state index in [9.17, 15) is 0 Å². The van der Waals surface area contributed by atoms with Crippen LogP contribution in [0.2, 0.25) is 0 Å². The van der Waals surface area contributed by atoms with Crippen LogP contribution in [0.1, 0.15) is 12.8 Å². The number of anilines is 2. The Morgan fingerprint density at radius 1 is 1.17 bits per heavy atom. The standard InChI is InChI=1S/C15H15N7O/c16-5-2-8-22(9-3-6-17)14-13(18)15(21-11-20-14)23-12-4-1-7-19-10-12/h1,4,7,10-11H,2-3,8-9,18H2. The molecular weight excluding hydrogens is 294 g/mol. The largest absolute Gasteiger partial charge is 0.435 e. The SMILES string of the molecule is N#CCCN(CCC#N)c1ncnc(Oc2cccnc2)c1N. The van der Waals surface area contributed by atoms with Crippen molar-refractivity contribution in [2.75, 3.05) is 23.7 Å². The van der Waals surface area contributed by atoms with E-state index in [1.807, 2.05) is 0 Å². The van der Waals surface area contributed by atoms with Crippen LogP contribution in [0.15, 0.2) is 30.9 Å². The van der Waals surface area contributed by atoms with E-state index in [2.05, 4.69) is 27.1 Å². The van der Waals surface area contributed by atoms with Crippen LogP contribution in [0.25, 0.3) is 0 Å². The highest BCUT2D eigenvalue weighted by molar-refractivity contribution is 5.68. The summed E-state index contributed by atoms with van der Waals surface area (Å²) >= 11 is 0. The van der Waals surface area contributed by atoms with Crippen LogP contribution >= 0.6 is 0 Å². The zero-order chi connectivity index (χ0) is 16.5. The van der Waals surface area contributed by atoms with Gasteiger partial charge in [-0.2, -0.15) is 15.5 Å². The molecule has 2 N–H and O–H groups in total. The van der Waals surface area contributed by atoms with Gasteiger partial charge in [-0.25, -0.2) is 4.98 Å². The molecule has 0 fully saturated rings. The van der Waals surface area contributed by atoms with Gasteiger partial charge >= 0.3 is 0 Å². The molecule has 0 aliphatic rings. The van der Waals surface area contributed by atoms with E-state index >= 15 is 0 Å². The average molecular weight is 309 g/mol. The molecule has 0 aromatic carbocycles. The summed E-state index contributed by atoms with van der Waals surface area (Å²) in [6.45, 7) is 0.845.